The first-order valence-corrected chi connectivity index (χ1v) is 12.8. The summed E-state index contributed by atoms with van der Waals surface area (Å²) in [6.07, 6.45) is 7.53. The van der Waals surface area contributed by atoms with Gasteiger partial charge in [0.1, 0.15) is 11.5 Å². The second-order valence-electron chi connectivity index (χ2n) is 10.0. The van der Waals surface area contributed by atoms with Crippen LogP contribution in [0.4, 0.5) is 0 Å². The van der Waals surface area contributed by atoms with Crippen LogP contribution >= 0.6 is 0 Å². The molecule has 3 heterocycles. The lowest BCUT2D eigenvalue weighted by atomic mass is 9.94. The molecule has 4 aromatic rings. The molecule has 36 heavy (non-hydrogen) atoms. The minimum Gasteiger partial charge on any atom is -0.497 e. The third kappa shape index (κ3) is 5.06. The Labute approximate surface area is 210 Å². The second kappa shape index (κ2) is 10.7. The Balaban J connectivity index is 1.53. The zero-order valence-corrected chi connectivity index (χ0v) is 21.2. The summed E-state index contributed by atoms with van der Waals surface area (Å²) < 4.78 is 13.1. The number of fused-ring (bicyclic) bond motifs is 1. The minimum absolute atomic E-state index is 0.0991. The molecule has 1 aromatic carbocycles. The largest absolute Gasteiger partial charge is 0.497 e. The Morgan fingerprint density at radius 1 is 1.17 bits per heavy atom. The predicted molar refractivity (Wildman–Crippen MR) is 137 cm³/mol. The van der Waals surface area contributed by atoms with Gasteiger partial charge in [0.25, 0.3) is 5.56 Å². The standard InChI is InChI=1S/C27H34N6O3/c1-18(2)25(26-29-30-31-33(26)21-8-5-4-6-9-21)32(17-23-10-7-13-36-23)16-20-14-19-11-12-22(35-3)15-24(19)28-27(20)34/h7,10-15,18,21,25H,4-6,8-9,16-17H2,1-3H3,(H,28,34)/t25-/m1/s1. The molecule has 1 N–H and O–H groups in total. The monoisotopic (exact) mass is 490 g/mol. The highest BCUT2D eigenvalue weighted by atomic mass is 16.5. The van der Waals surface area contributed by atoms with Gasteiger partial charge in [-0.1, -0.05) is 33.1 Å². The normalized spacial score (nSPS) is 15.7. The quantitative estimate of drug-likeness (QED) is 0.351. The maximum atomic E-state index is 13.2. The molecule has 1 aliphatic carbocycles. The number of H-pyrrole nitrogens is 1. The molecule has 1 aliphatic rings. The smallest absolute Gasteiger partial charge is 0.252 e. The van der Waals surface area contributed by atoms with Crippen molar-refractivity contribution in [1.82, 2.24) is 30.1 Å². The fourth-order valence-corrected chi connectivity index (χ4v) is 5.41. The fourth-order valence-electron chi connectivity index (χ4n) is 5.41. The van der Waals surface area contributed by atoms with E-state index in [1.165, 1.54) is 19.3 Å². The number of aromatic nitrogens is 5. The highest BCUT2D eigenvalue weighted by Crippen LogP contribution is 2.34. The Morgan fingerprint density at radius 3 is 2.72 bits per heavy atom. The number of hydrogen-bond acceptors (Lipinski definition) is 7. The summed E-state index contributed by atoms with van der Waals surface area (Å²) in [5, 5.41) is 14.0. The topological polar surface area (TPSA) is 102 Å². The SMILES string of the molecule is COc1ccc2cc(CN(Cc3ccco3)[C@@H](c3nnnn3C3CCCCC3)C(C)C)c(=O)[nH]c2c1. The number of methoxy groups -OCH3 is 1. The zero-order valence-electron chi connectivity index (χ0n) is 21.2. The fraction of sp³-hybridized carbons (Fsp3) is 0.481. The number of tetrazole rings is 1. The molecule has 0 saturated heterocycles. The van der Waals surface area contributed by atoms with Crippen molar-refractivity contribution in [3.8, 4) is 5.75 Å². The molecule has 9 nitrogen and oxygen atoms in total. The minimum atomic E-state index is -0.116. The third-order valence-electron chi connectivity index (χ3n) is 7.17. The molecule has 0 unspecified atom stereocenters. The molecular weight excluding hydrogens is 456 g/mol. The summed E-state index contributed by atoms with van der Waals surface area (Å²) in [4.78, 5) is 18.5. The van der Waals surface area contributed by atoms with Crippen molar-refractivity contribution >= 4 is 10.9 Å². The Morgan fingerprint density at radius 2 is 2.00 bits per heavy atom. The van der Waals surface area contributed by atoms with Crippen molar-refractivity contribution in [2.24, 2.45) is 5.92 Å². The van der Waals surface area contributed by atoms with E-state index in [1.807, 2.05) is 41.1 Å². The first-order chi connectivity index (χ1) is 17.5. The van der Waals surface area contributed by atoms with E-state index < -0.39 is 0 Å². The van der Waals surface area contributed by atoms with Gasteiger partial charge in [0, 0.05) is 18.2 Å². The van der Waals surface area contributed by atoms with Gasteiger partial charge in [-0.05, 0) is 64.9 Å². The lowest BCUT2D eigenvalue weighted by Crippen LogP contribution is -2.36. The predicted octanol–water partition coefficient (Wildman–Crippen LogP) is 5.02. The molecule has 9 heteroatoms. The van der Waals surface area contributed by atoms with Crippen molar-refractivity contribution in [2.75, 3.05) is 7.11 Å². The average molecular weight is 491 g/mol. The molecule has 0 spiro atoms. The van der Waals surface area contributed by atoms with Crippen molar-refractivity contribution in [3.63, 3.8) is 0 Å². The van der Waals surface area contributed by atoms with E-state index in [0.717, 1.165) is 35.3 Å². The van der Waals surface area contributed by atoms with Crippen LogP contribution in [0.2, 0.25) is 0 Å². The number of benzene rings is 1. The van der Waals surface area contributed by atoms with Crippen LogP contribution in [0.1, 0.15) is 75.2 Å². The van der Waals surface area contributed by atoms with Gasteiger partial charge in [-0.3, -0.25) is 9.69 Å². The molecule has 0 aliphatic heterocycles. The zero-order chi connectivity index (χ0) is 25.1. The molecule has 0 radical (unpaired) electrons. The first kappa shape index (κ1) is 24.2. The number of aromatic amines is 1. The van der Waals surface area contributed by atoms with Gasteiger partial charge in [0.15, 0.2) is 5.82 Å². The molecular formula is C27H34N6O3. The number of rotatable bonds is 9. The lowest BCUT2D eigenvalue weighted by Gasteiger charge is -2.34. The van der Waals surface area contributed by atoms with Crippen molar-refractivity contribution < 1.29 is 9.15 Å². The van der Waals surface area contributed by atoms with Gasteiger partial charge in [-0.25, -0.2) is 4.68 Å². The molecule has 0 amide bonds. The van der Waals surface area contributed by atoms with Gasteiger partial charge in [-0.15, -0.1) is 5.10 Å². The van der Waals surface area contributed by atoms with Crippen molar-refractivity contribution in [2.45, 2.75) is 71.1 Å². The Kier molecular flexibility index (Phi) is 7.18. The van der Waals surface area contributed by atoms with Crippen molar-refractivity contribution in [3.05, 3.63) is 70.2 Å². The van der Waals surface area contributed by atoms with E-state index in [1.54, 1.807) is 13.4 Å². The van der Waals surface area contributed by atoms with E-state index in [2.05, 4.69) is 39.3 Å². The molecule has 5 rings (SSSR count). The first-order valence-electron chi connectivity index (χ1n) is 12.8. The van der Waals surface area contributed by atoms with Crippen LogP contribution in [-0.2, 0) is 13.1 Å². The number of hydrogen-bond donors (Lipinski definition) is 1. The van der Waals surface area contributed by atoms with Crippen LogP contribution in [0.3, 0.4) is 0 Å². The molecule has 1 saturated carbocycles. The average Bonchev–Trinajstić information content (AvgIpc) is 3.57. The molecule has 190 valence electrons. The maximum Gasteiger partial charge on any atom is 0.252 e. The summed E-state index contributed by atoms with van der Waals surface area (Å²) in [5.41, 5.74) is 1.32. The highest BCUT2D eigenvalue weighted by Gasteiger charge is 2.32. The van der Waals surface area contributed by atoms with Crippen LogP contribution in [0.5, 0.6) is 5.75 Å². The van der Waals surface area contributed by atoms with Gasteiger partial charge in [-0.2, -0.15) is 0 Å². The molecule has 1 fully saturated rings. The van der Waals surface area contributed by atoms with Gasteiger partial charge >= 0.3 is 0 Å². The van der Waals surface area contributed by atoms with Crippen LogP contribution in [0, 0.1) is 5.92 Å². The summed E-state index contributed by atoms with van der Waals surface area (Å²) in [5.74, 6) is 2.60. The van der Waals surface area contributed by atoms with Gasteiger partial charge < -0.3 is 14.1 Å². The summed E-state index contributed by atoms with van der Waals surface area (Å²) in [7, 11) is 1.62. The number of pyridine rings is 1. The second-order valence-corrected chi connectivity index (χ2v) is 10.0. The van der Waals surface area contributed by atoms with Crippen LogP contribution in [0.25, 0.3) is 10.9 Å². The van der Waals surface area contributed by atoms with Crippen LogP contribution in [-0.4, -0.2) is 37.2 Å². The van der Waals surface area contributed by atoms with E-state index in [-0.39, 0.29) is 17.5 Å². The van der Waals surface area contributed by atoms with Gasteiger partial charge in [0.2, 0.25) is 0 Å². The van der Waals surface area contributed by atoms with E-state index in [0.29, 0.717) is 30.4 Å². The van der Waals surface area contributed by atoms with E-state index >= 15 is 0 Å². The number of nitrogens with zero attached hydrogens (tertiary/aromatic N) is 5. The van der Waals surface area contributed by atoms with Crippen LogP contribution < -0.4 is 10.3 Å². The molecule has 3 aromatic heterocycles. The molecule has 0 bridgehead atoms. The van der Waals surface area contributed by atoms with Crippen LogP contribution in [0.15, 0.2) is 51.9 Å². The Bertz CT molecular complexity index is 1340. The third-order valence-corrected chi connectivity index (χ3v) is 7.17. The summed E-state index contributed by atoms with van der Waals surface area (Å²) in [6.45, 7) is 5.32. The van der Waals surface area contributed by atoms with E-state index in [4.69, 9.17) is 9.15 Å². The highest BCUT2D eigenvalue weighted by molar-refractivity contribution is 5.80. The van der Waals surface area contributed by atoms with Gasteiger partial charge in [0.05, 0.1) is 37.5 Å². The van der Waals surface area contributed by atoms with Crippen molar-refractivity contribution in [1.29, 1.82) is 0 Å². The summed E-state index contributed by atoms with van der Waals surface area (Å²) >= 11 is 0. The Hall–Kier alpha value is -3.46. The number of nitrogens with one attached hydrogen (secondary N) is 1. The number of ether oxygens (including phenoxy) is 1. The lowest BCUT2D eigenvalue weighted by molar-refractivity contribution is 0.112. The summed E-state index contributed by atoms with van der Waals surface area (Å²) in [6, 6.07) is 11.7. The number of furan rings is 1. The maximum absolute atomic E-state index is 13.2. The van der Waals surface area contributed by atoms with E-state index in [9.17, 15) is 4.79 Å². The molecule has 1 atom stereocenters.